The number of fused-ring (bicyclic) bond motifs is 1. The molecule has 3 N–H and O–H groups in total. The molecule has 0 bridgehead atoms. The van der Waals surface area contributed by atoms with Crippen LogP contribution < -0.4 is 16.0 Å². The summed E-state index contributed by atoms with van der Waals surface area (Å²) in [6.07, 6.45) is 5.62. The molecule has 168 valence electrons. The van der Waals surface area contributed by atoms with Crippen molar-refractivity contribution in [1.82, 2.24) is 15.5 Å². The van der Waals surface area contributed by atoms with Crippen LogP contribution in [-0.2, 0) is 9.59 Å². The molecule has 2 heterocycles. The topological polar surface area (TPSA) is 90.5 Å². The zero-order valence-electron chi connectivity index (χ0n) is 18.8. The standard InChI is InChI=1S/C24H34N4O3/c1-15-4-7-18(8-5-15)25-22(30)17(3)28-13-12-24(11-10-21(28)29)26-20-14-16(2)6-9-19(20)23(31)27-24/h6,9,14-15,17-18,26H,4-5,7-8,10-13H2,1-3H3,(H,25,30)(H,27,31)/t15?,17-,18?,24-/m1/s1. The van der Waals surface area contributed by atoms with Crippen molar-refractivity contribution in [2.45, 2.75) is 83.5 Å². The number of hydrogen-bond donors (Lipinski definition) is 3. The molecule has 0 unspecified atom stereocenters. The van der Waals surface area contributed by atoms with E-state index in [1.807, 2.05) is 32.0 Å². The molecule has 31 heavy (non-hydrogen) atoms. The van der Waals surface area contributed by atoms with Crippen molar-refractivity contribution in [3.8, 4) is 0 Å². The quantitative estimate of drug-likeness (QED) is 0.693. The molecule has 1 aromatic rings. The maximum atomic E-state index is 12.9. The van der Waals surface area contributed by atoms with E-state index in [0.29, 0.717) is 24.9 Å². The molecule has 7 nitrogen and oxygen atoms in total. The maximum Gasteiger partial charge on any atom is 0.255 e. The Labute approximate surface area is 184 Å². The van der Waals surface area contributed by atoms with Gasteiger partial charge in [0, 0.05) is 31.1 Å². The summed E-state index contributed by atoms with van der Waals surface area (Å²) in [6, 6.07) is 5.41. The van der Waals surface area contributed by atoms with Gasteiger partial charge in [-0.25, -0.2) is 0 Å². The van der Waals surface area contributed by atoms with Gasteiger partial charge in [0.1, 0.15) is 11.7 Å². The second-order valence-electron chi connectivity index (χ2n) is 9.69. The van der Waals surface area contributed by atoms with Gasteiger partial charge in [-0.2, -0.15) is 0 Å². The van der Waals surface area contributed by atoms with Crippen LogP contribution in [0.2, 0.25) is 0 Å². The molecular formula is C24H34N4O3. The predicted octanol–water partition coefficient (Wildman–Crippen LogP) is 2.94. The third-order valence-corrected chi connectivity index (χ3v) is 7.22. The van der Waals surface area contributed by atoms with Gasteiger partial charge in [0.05, 0.1) is 5.56 Å². The molecule has 1 saturated heterocycles. The zero-order valence-corrected chi connectivity index (χ0v) is 18.8. The summed E-state index contributed by atoms with van der Waals surface area (Å²) in [5.74, 6) is 0.487. The molecule has 3 amide bonds. The number of hydrogen-bond acceptors (Lipinski definition) is 4. The number of nitrogens with one attached hydrogen (secondary N) is 3. The summed E-state index contributed by atoms with van der Waals surface area (Å²) < 4.78 is 0. The van der Waals surface area contributed by atoms with E-state index < -0.39 is 11.7 Å². The van der Waals surface area contributed by atoms with Crippen LogP contribution in [0, 0.1) is 12.8 Å². The van der Waals surface area contributed by atoms with Crippen LogP contribution in [0.15, 0.2) is 18.2 Å². The third-order valence-electron chi connectivity index (χ3n) is 7.22. The van der Waals surface area contributed by atoms with Crippen molar-refractivity contribution in [2.24, 2.45) is 5.92 Å². The zero-order chi connectivity index (χ0) is 22.2. The first-order valence-corrected chi connectivity index (χ1v) is 11.6. The lowest BCUT2D eigenvalue weighted by molar-refractivity contribution is -0.139. The Morgan fingerprint density at radius 2 is 1.90 bits per heavy atom. The minimum atomic E-state index is -0.669. The Kier molecular flexibility index (Phi) is 5.95. The lowest BCUT2D eigenvalue weighted by Crippen LogP contribution is -2.58. The van der Waals surface area contributed by atoms with Gasteiger partial charge in [-0.15, -0.1) is 0 Å². The summed E-state index contributed by atoms with van der Waals surface area (Å²) in [7, 11) is 0. The van der Waals surface area contributed by atoms with Gasteiger partial charge >= 0.3 is 0 Å². The fraction of sp³-hybridized carbons (Fsp3) is 0.625. The van der Waals surface area contributed by atoms with Crippen LogP contribution in [0.4, 0.5) is 5.69 Å². The first kappa shape index (κ1) is 21.7. The monoisotopic (exact) mass is 426 g/mol. The minimum absolute atomic E-state index is 0.0390. The number of nitrogens with zero attached hydrogens (tertiary/aromatic N) is 1. The molecule has 3 aliphatic rings. The highest BCUT2D eigenvalue weighted by molar-refractivity contribution is 6.02. The second-order valence-corrected chi connectivity index (χ2v) is 9.69. The van der Waals surface area contributed by atoms with Crippen molar-refractivity contribution >= 4 is 23.4 Å². The van der Waals surface area contributed by atoms with Crippen molar-refractivity contribution in [3.05, 3.63) is 29.3 Å². The second kappa shape index (κ2) is 8.52. The third kappa shape index (κ3) is 4.55. The van der Waals surface area contributed by atoms with E-state index in [9.17, 15) is 14.4 Å². The summed E-state index contributed by atoms with van der Waals surface area (Å²) in [4.78, 5) is 40.2. The van der Waals surface area contributed by atoms with Gasteiger partial charge < -0.3 is 20.9 Å². The van der Waals surface area contributed by atoms with Gasteiger partial charge in [-0.3, -0.25) is 14.4 Å². The average Bonchev–Trinajstić information content (AvgIpc) is 2.88. The summed E-state index contributed by atoms with van der Waals surface area (Å²) >= 11 is 0. The van der Waals surface area contributed by atoms with Crippen LogP contribution in [0.3, 0.4) is 0 Å². The van der Waals surface area contributed by atoms with Gasteiger partial charge in [0.25, 0.3) is 5.91 Å². The average molecular weight is 427 g/mol. The fourth-order valence-electron chi connectivity index (χ4n) is 5.09. The van der Waals surface area contributed by atoms with E-state index in [-0.39, 0.29) is 30.2 Å². The molecule has 2 atom stereocenters. The highest BCUT2D eigenvalue weighted by Crippen LogP contribution is 2.33. The molecule has 4 rings (SSSR count). The number of anilines is 1. The van der Waals surface area contributed by atoms with Gasteiger partial charge in [0.2, 0.25) is 11.8 Å². The molecule has 0 aromatic heterocycles. The van der Waals surface area contributed by atoms with E-state index in [4.69, 9.17) is 0 Å². The van der Waals surface area contributed by atoms with E-state index in [1.54, 1.807) is 4.90 Å². The fourth-order valence-corrected chi connectivity index (χ4v) is 5.09. The van der Waals surface area contributed by atoms with Crippen molar-refractivity contribution < 1.29 is 14.4 Å². The lowest BCUT2D eigenvalue weighted by atomic mass is 9.87. The predicted molar refractivity (Wildman–Crippen MR) is 120 cm³/mol. The lowest BCUT2D eigenvalue weighted by Gasteiger charge is -2.40. The summed E-state index contributed by atoms with van der Waals surface area (Å²) in [6.45, 7) is 6.47. The number of likely N-dealkylation sites (tertiary alicyclic amines) is 1. The summed E-state index contributed by atoms with van der Waals surface area (Å²) in [5, 5.41) is 9.74. The molecule has 1 spiro atoms. The normalized spacial score (nSPS) is 29.5. The van der Waals surface area contributed by atoms with Gasteiger partial charge in [-0.05, 0) is 69.6 Å². The number of carbonyl (C=O) groups excluding carboxylic acids is 3. The van der Waals surface area contributed by atoms with E-state index in [1.165, 1.54) is 0 Å². The van der Waals surface area contributed by atoms with Crippen LogP contribution in [0.1, 0.15) is 74.7 Å². The van der Waals surface area contributed by atoms with E-state index >= 15 is 0 Å². The van der Waals surface area contributed by atoms with Crippen molar-refractivity contribution in [3.63, 3.8) is 0 Å². The largest absolute Gasteiger partial charge is 0.362 e. The Balaban J connectivity index is 1.43. The summed E-state index contributed by atoms with van der Waals surface area (Å²) in [5.41, 5.74) is 1.84. The van der Waals surface area contributed by atoms with Gasteiger partial charge in [0.15, 0.2) is 0 Å². The molecule has 7 heteroatoms. The molecular weight excluding hydrogens is 392 g/mol. The number of rotatable bonds is 3. The minimum Gasteiger partial charge on any atom is -0.362 e. The first-order chi connectivity index (χ1) is 14.8. The van der Waals surface area contributed by atoms with Crippen LogP contribution in [0.25, 0.3) is 0 Å². The van der Waals surface area contributed by atoms with Crippen molar-refractivity contribution in [1.29, 1.82) is 0 Å². The maximum absolute atomic E-state index is 12.9. The Morgan fingerprint density at radius 3 is 2.65 bits per heavy atom. The molecule has 1 aromatic carbocycles. The SMILES string of the molecule is Cc1ccc2c(c1)N[C@]1(CCC(=O)N([C@H](C)C(=O)NC3CCC(C)CC3)CC1)NC2=O. The Morgan fingerprint density at radius 1 is 1.16 bits per heavy atom. The van der Waals surface area contributed by atoms with E-state index in [2.05, 4.69) is 22.9 Å². The highest BCUT2D eigenvalue weighted by atomic mass is 16.2. The first-order valence-electron chi connectivity index (χ1n) is 11.6. The number of aryl methyl sites for hydroxylation is 1. The van der Waals surface area contributed by atoms with Crippen LogP contribution >= 0.6 is 0 Å². The Hall–Kier alpha value is -2.57. The number of carbonyl (C=O) groups is 3. The van der Waals surface area contributed by atoms with Crippen LogP contribution in [0.5, 0.6) is 0 Å². The van der Waals surface area contributed by atoms with Crippen molar-refractivity contribution in [2.75, 3.05) is 11.9 Å². The Bertz CT molecular complexity index is 878. The number of amides is 3. The van der Waals surface area contributed by atoms with Crippen LogP contribution in [-0.4, -0.2) is 46.9 Å². The van der Waals surface area contributed by atoms with E-state index in [0.717, 1.165) is 42.9 Å². The van der Waals surface area contributed by atoms with Gasteiger partial charge in [-0.1, -0.05) is 13.0 Å². The molecule has 0 radical (unpaired) electrons. The molecule has 1 aliphatic carbocycles. The highest BCUT2D eigenvalue weighted by Gasteiger charge is 2.42. The number of benzene rings is 1. The smallest absolute Gasteiger partial charge is 0.255 e. The molecule has 1 saturated carbocycles. The molecule has 2 aliphatic heterocycles. The molecule has 2 fully saturated rings.